The first-order chi connectivity index (χ1) is 31.6. The van der Waals surface area contributed by atoms with Crippen LogP contribution in [0.2, 0.25) is 0 Å². The molecule has 0 saturated heterocycles. The Morgan fingerprint density at radius 1 is 0.391 bits per heavy atom. The lowest BCUT2D eigenvalue weighted by molar-refractivity contribution is 0.444. The summed E-state index contributed by atoms with van der Waals surface area (Å²) in [7, 11) is 0. The van der Waals surface area contributed by atoms with Crippen molar-refractivity contribution in [1.29, 1.82) is 0 Å². The Labute approximate surface area is 371 Å². The second kappa shape index (κ2) is 14.5. The van der Waals surface area contributed by atoms with Gasteiger partial charge in [0.05, 0.1) is 22.7 Å². The number of aryl methyl sites for hydroxylation is 2. The van der Waals surface area contributed by atoms with E-state index in [0.29, 0.717) is 5.92 Å². The van der Waals surface area contributed by atoms with Crippen LogP contribution in [0.25, 0.3) is 76.2 Å². The van der Waals surface area contributed by atoms with Crippen molar-refractivity contribution in [2.24, 2.45) is 0 Å². The second-order valence-electron chi connectivity index (χ2n) is 18.0. The predicted molar refractivity (Wildman–Crippen MR) is 269 cm³/mol. The molecular formula is C60H46N2O2. The summed E-state index contributed by atoms with van der Waals surface area (Å²) in [6, 6.07) is 64.5. The number of fused-ring (bicyclic) bond motifs is 6. The van der Waals surface area contributed by atoms with Crippen LogP contribution in [0.4, 0.5) is 34.1 Å². The van der Waals surface area contributed by atoms with Crippen molar-refractivity contribution in [3.63, 3.8) is 0 Å². The molecule has 0 amide bonds. The van der Waals surface area contributed by atoms with E-state index >= 15 is 0 Å². The van der Waals surface area contributed by atoms with E-state index < -0.39 is 0 Å². The van der Waals surface area contributed by atoms with Crippen LogP contribution in [0.1, 0.15) is 54.7 Å². The third-order valence-electron chi connectivity index (χ3n) is 14.0. The van der Waals surface area contributed by atoms with E-state index in [2.05, 4.69) is 200 Å². The number of para-hydroxylation sites is 5. The average Bonchev–Trinajstić information content (AvgIpc) is 3.91. The number of rotatable bonds is 7. The zero-order valence-corrected chi connectivity index (χ0v) is 36.1. The van der Waals surface area contributed by atoms with Gasteiger partial charge >= 0.3 is 0 Å². The van der Waals surface area contributed by atoms with Crippen LogP contribution < -0.4 is 9.80 Å². The molecule has 0 bridgehead atoms. The summed E-state index contributed by atoms with van der Waals surface area (Å²) < 4.78 is 13.8. The Kier molecular flexibility index (Phi) is 8.39. The lowest BCUT2D eigenvalue weighted by atomic mass is 9.82. The largest absolute Gasteiger partial charge is 0.454 e. The van der Waals surface area contributed by atoms with Crippen LogP contribution in [-0.4, -0.2) is 0 Å². The van der Waals surface area contributed by atoms with Gasteiger partial charge in [0.1, 0.15) is 11.2 Å². The molecule has 1 saturated carbocycles. The molecule has 2 heterocycles. The van der Waals surface area contributed by atoms with Gasteiger partial charge in [0.2, 0.25) is 0 Å². The summed E-state index contributed by atoms with van der Waals surface area (Å²) in [5.74, 6) is 0.601. The van der Waals surface area contributed by atoms with Gasteiger partial charge in [0.25, 0.3) is 0 Å². The standard InChI is InChI=1S/C60H46N2O2/c1-37-31-38(2)33-44(32-37)62(52-24-14-22-48-46-20-10-12-26-56(46)64-60(48)52)54-36-53(49-29-27-40-34-42(39-15-5-3-6-16-39)35-41-28-30-50(54)58(49)57(40)41)61(43-17-7-4-8-18-43)51-23-13-21-47-45-19-9-11-25-55(45)63-59(47)51/h4,7-14,17-36,39H,3,5-6,15-16H2,1-2H3. The zero-order chi connectivity index (χ0) is 42.5. The van der Waals surface area contributed by atoms with Gasteiger partial charge in [-0.05, 0) is 120 Å². The Morgan fingerprint density at radius 3 is 1.48 bits per heavy atom. The minimum absolute atomic E-state index is 0.601. The molecule has 10 aromatic carbocycles. The van der Waals surface area contributed by atoms with Gasteiger partial charge in [0, 0.05) is 49.1 Å². The fourth-order valence-electron chi connectivity index (χ4n) is 11.2. The van der Waals surface area contributed by atoms with Crippen LogP contribution >= 0.6 is 0 Å². The number of nitrogens with zero attached hydrogens (tertiary/aromatic N) is 2. The highest BCUT2D eigenvalue weighted by molar-refractivity contribution is 6.29. The Bertz CT molecular complexity index is 3720. The molecule has 4 heteroatoms. The van der Waals surface area contributed by atoms with Gasteiger partial charge in [-0.3, -0.25) is 0 Å². The Balaban J connectivity index is 1.18. The van der Waals surface area contributed by atoms with Crippen molar-refractivity contribution in [2.45, 2.75) is 51.9 Å². The van der Waals surface area contributed by atoms with Crippen LogP contribution in [0.15, 0.2) is 185 Å². The summed E-state index contributed by atoms with van der Waals surface area (Å²) in [5, 5.41) is 11.9. The Hall–Kier alpha value is -7.56. The summed E-state index contributed by atoms with van der Waals surface area (Å²) in [6.45, 7) is 4.39. The van der Waals surface area contributed by atoms with Crippen molar-refractivity contribution in [3.05, 3.63) is 193 Å². The maximum Gasteiger partial charge on any atom is 0.159 e. The van der Waals surface area contributed by atoms with E-state index in [0.717, 1.165) is 78.0 Å². The molecule has 0 spiro atoms. The smallest absolute Gasteiger partial charge is 0.159 e. The summed E-state index contributed by atoms with van der Waals surface area (Å²) in [4.78, 5) is 4.88. The summed E-state index contributed by atoms with van der Waals surface area (Å²) in [5.41, 5.74) is 13.6. The maximum atomic E-state index is 6.89. The third kappa shape index (κ3) is 5.75. The van der Waals surface area contributed by atoms with E-state index in [1.165, 1.54) is 81.1 Å². The minimum atomic E-state index is 0.601. The van der Waals surface area contributed by atoms with Crippen LogP contribution in [0.5, 0.6) is 0 Å². The third-order valence-corrected chi connectivity index (χ3v) is 14.0. The molecule has 0 radical (unpaired) electrons. The number of hydrogen-bond acceptors (Lipinski definition) is 4. The summed E-state index contributed by atoms with van der Waals surface area (Å²) >= 11 is 0. The van der Waals surface area contributed by atoms with E-state index in [1.807, 2.05) is 0 Å². The monoisotopic (exact) mass is 826 g/mol. The molecule has 0 atom stereocenters. The highest BCUT2D eigenvalue weighted by Gasteiger charge is 2.28. The highest BCUT2D eigenvalue weighted by atomic mass is 16.3. The van der Waals surface area contributed by atoms with E-state index in [1.54, 1.807) is 0 Å². The van der Waals surface area contributed by atoms with Crippen molar-refractivity contribution < 1.29 is 8.83 Å². The van der Waals surface area contributed by atoms with Crippen molar-refractivity contribution in [3.8, 4) is 0 Å². The molecule has 4 nitrogen and oxygen atoms in total. The number of furan rings is 2. The molecule has 1 aliphatic carbocycles. The maximum absolute atomic E-state index is 6.89. The minimum Gasteiger partial charge on any atom is -0.454 e. The van der Waals surface area contributed by atoms with E-state index in [4.69, 9.17) is 8.83 Å². The molecule has 1 aliphatic rings. The Morgan fingerprint density at radius 2 is 0.906 bits per heavy atom. The average molecular weight is 827 g/mol. The molecule has 308 valence electrons. The molecule has 64 heavy (non-hydrogen) atoms. The normalized spacial score (nSPS) is 13.7. The second-order valence-corrected chi connectivity index (χ2v) is 18.0. The fraction of sp³-hybridized carbons (Fsp3) is 0.133. The van der Waals surface area contributed by atoms with Gasteiger partial charge in [-0.2, -0.15) is 0 Å². The van der Waals surface area contributed by atoms with Crippen molar-refractivity contribution in [2.75, 3.05) is 9.80 Å². The van der Waals surface area contributed by atoms with Crippen LogP contribution in [0, 0.1) is 13.8 Å². The van der Waals surface area contributed by atoms with Gasteiger partial charge in [-0.15, -0.1) is 0 Å². The number of hydrogen-bond donors (Lipinski definition) is 0. The topological polar surface area (TPSA) is 32.8 Å². The molecule has 12 aromatic rings. The molecule has 0 unspecified atom stereocenters. The van der Waals surface area contributed by atoms with Crippen molar-refractivity contribution in [1.82, 2.24) is 0 Å². The van der Waals surface area contributed by atoms with Gasteiger partial charge in [-0.1, -0.05) is 141 Å². The lowest BCUT2D eigenvalue weighted by Gasteiger charge is -2.32. The predicted octanol–water partition coefficient (Wildman–Crippen LogP) is 18.0. The first-order valence-corrected chi connectivity index (χ1v) is 22.9. The van der Waals surface area contributed by atoms with E-state index in [9.17, 15) is 0 Å². The molecule has 2 aromatic heterocycles. The molecule has 0 aliphatic heterocycles. The van der Waals surface area contributed by atoms with Crippen LogP contribution in [-0.2, 0) is 0 Å². The van der Waals surface area contributed by atoms with Crippen LogP contribution in [0.3, 0.4) is 0 Å². The quantitative estimate of drug-likeness (QED) is 0.150. The van der Waals surface area contributed by atoms with Gasteiger partial charge < -0.3 is 18.6 Å². The highest BCUT2D eigenvalue weighted by Crippen LogP contribution is 2.53. The number of anilines is 6. The van der Waals surface area contributed by atoms with E-state index in [-0.39, 0.29) is 0 Å². The first kappa shape index (κ1) is 37.0. The summed E-state index contributed by atoms with van der Waals surface area (Å²) in [6.07, 6.45) is 6.48. The molecule has 0 N–H and O–H groups in total. The molecular weight excluding hydrogens is 781 g/mol. The molecule has 1 fully saturated rings. The number of benzene rings is 10. The molecule has 13 rings (SSSR count). The fourth-order valence-corrected chi connectivity index (χ4v) is 11.2. The van der Waals surface area contributed by atoms with Gasteiger partial charge in [-0.25, -0.2) is 0 Å². The lowest BCUT2D eigenvalue weighted by Crippen LogP contribution is -2.15. The zero-order valence-electron chi connectivity index (χ0n) is 36.1. The first-order valence-electron chi connectivity index (χ1n) is 22.9. The van der Waals surface area contributed by atoms with Crippen molar-refractivity contribution >= 4 is 110 Å². The van der Waals surface area contributed by atoms with Gasteiger partial charge in [0.15, 0.2) is 11.2 Å². The SMILES string of the molecule is Cc1cc(C)cc(N(c2cc(N(c3ccccc3)c3cccc4c3oc3ccccc34)c3ccc4cc(C5CCCCC5)cc5ccc2c3c45)c2cccc3c2oc2ccccc23)c1.